The first-order valence-corrected chi connectivity index (χ1v) is 7.42. The molecular weight excluding hydrogens is 248 g/mol. The van der Waals surface area contributed by atoms with Crippen LogP contribution >= 0.6 is 11.8 Å². The van der Waals surface area contributed by atoms with Gasteiger partial charge in [0.25, 0.3) is 0 Å². The van der Waals surface area contributed by atoms with Crippen molar-refractivity contribution in [3.63, 3.8) is 0 Å². The van der Waals surface area contributed by atoms with E-state index in [2.05, 4.69) is 23.3 Å². The predicted octanol–water partition coefficient (Wildman–Crippen LogP) is 1.03. The van der Waals surface area contributed by atoms with E-state index in [4.69, 9.17) is 10.5 Å². The summed E-state index contributed by atoms with van der Waals surface area (Å²) in [5.74, 6) is 1.90. The normalized spacial score (nSPS) is 13.1. The summed E-state index contributed by atoms with van der Waals surface area (Å²) >= 11 is 1.84. The summed E-state index contributed by atoms with van der Waals surface area (Å²) in [5.41, 5.74) is 8.03. The zero-order valence-electron chi connectivity index (χ0n) is 11.9. The van der Waals surface area contributed by atoms with Gasteiger partial charge in [0, 0.05) is 25.9 Å². The number of nitrogens with zero attached hydrogens (tertiary/aromatic N) is 3. The fourth-order valence-corrected chi connectivity index (χ4v) is 2.66. The number of nitrogens with two attached hydrogens (primary N) is 1. The molecule has 0 spiro atoms. The third-order valence-corrected chi connectivity index (χ3v) is 3.73. The van der Waals surface area contributed by atoms with Crippen LogP contribution in [-0.2, 0) is 7.05 Å². The Kier molecular flexibility index (Phi) is 5.98. The van der Waals surface area contributed by atoms with Gasteiger partial charge < -0.3 is 10.5 Å². The van der Waals surface area contributed by atoms with Crippen molar-refractivity contribution in [2.45, 2.75) is 13.0 Å². The first-order chi connectivity index (χ1) is 8.56. The zero-order valence-corrected chi connectivity index (χ0v) is 12.8. The maximum absolute atomic E-state index is 5.94. The van der Waals surface area contributed by atoms with E-state index in [9.17, 15) is 0 Å². The van der Waals surface area contributed by atoms with Gasteiger partial charge in [-0.2, -0.15) is 16.9 Å². The quantitative estimate of drug-likeness (QED) is 0.803. The molecule has 0 amide bonds. The van der Waals surface area contributed by atoms with Crippen molar-refractivity contribution >= 4 is 11.8 Å². The lowest BCUT2D eigenvalue weighted by atomic mass is 10.1. The highest BCUT2D eigenvalue weighted by Gasteiger charge is 2.25. The molecule has 1 rings (SSSR count). The molecule has 0 aliphatic carbocycles. The highest BCUT2D eigenvalue weighted by atomic mass is 32.2. The number of aryl methyl sites for hydroxylation is 2. The van der Waals surface area contributed by atoms with Crippen LogP contribution in [0.4, 0.5) is 0 Å². The average molecular weight is 272 g/mol. The highest BCUT2D eigenvalue weighted by molar-refractivity contribution is 7.98. The summed E-state index contributed by atoms with van der Waals surface area (Å²) in [4.78, 5) is 2.27. The molecule has 18 heavy (non-hydrogen) atoms. The molecule has 1 aromatic rings. The summed E-state index contributed by atoms with van der Waals surface area (Å²) in [5, 5.41) is 4.42. The van der Waals surface area contributed by atoms with Gasteiger partial charge >= 0.3 is 0 Å². The summed E-state index contributed by atoms with van der Waals surface area (Å²) in [6.07, 6.45) is 2.11. The first-order valence-electron chi connectivity index (χ1n) is 6.03. The molecular formula is C12H24N4OS. The van der Waals surface area contributed by atoms with Gasteiger partial charge in [0.15, 0.2) is 0 Å². The van der Waals surface area contributed by atoms with E-state index >= 15 is 0 Å². The Morgan fingerprint density at radius 1 is 1.56 bits per heavy atom. The van der Waals surface area contributed by atoms with Crippen molar-refractivity contribution in [2.24, 2.45) is 12.8 Å². The maximum Gasteiger partial charge on any atom is 0.216 e. The van der Waals surface area contributed by atoms with Crippen molar-refractivity contribution < 1.29 is 4.74 Å². The lowest BCUT2D eigenvalue weighted by Crippen LogP contribution is -2.32. The van der Waals surface area contributed by atoms with Gasteiger partial charge in [-0.15, -0.1) is 0 Å². The Balaban J connectivity index is 3.00. The van der Waals surface area contributed by atoms with Crippen LogP contribution in [-0.4, -0.2) is 53.9 Å². The molecule has 1 heterocycles. The second-order valence-electron chi connectivity index (χ2n) is 4.36. The number of ether oxygens (including phenoxy) is 1. The number of hydrogen-bond donors (Lipinski definition) is 1. The monoisotopic (exact) mass is 272 g/mol. The van der Waals surface area contributed by atoms with Crippen LogP contribution < -0.4 is 10.5 Å². The Morgan fingerprint density at radius 2 is 2.22 bits per heavy atom. The molecule has 104 valence electrons. The van der Waals surface area contributed by atoms with Crippen LogP contribution in [0.1, 0.15) is 17.3 Å². The summed E-state index contributed by atoms with van der Waals surface area (Å²) in [6.45, 7) is 3.57. The number of aromatic nitrogens is 2. The van der Waals surface area contributed by atoms with E-state index in [0.717, 1.165) is 29.4 Å². The molecule has 2 N–H and O–H groups in total. The molecule has 0 bridgehead atoms. The zero-order chi connectivity index (χ0) is 13.7. The van der Waals surface area contributed by atoms with E-state index in [0.29, 0.717) is 6.54 Å². The van der Waals surface area contributed by atoms with Crippen LogP contribution in [0.25, 0.3) is 0 Å². The van der Waals surface area contributed by atoms with Gasteiger partial charge in [-0.1, -0.05) is 0 Å². The lowest BCUT2D eigenvalue weighted by Gasteiger charge is -2.27. The minimum absolute atomic E-state index is 0.154. The fourth-order valence-electron chi connectivity index (χ4n) is 2.19. The number of rotatable bonds is 7. The molecule has 0 aliphatic rings. The molecule has 1 atom stereocenters. The predicted molar refractivity (Wildman–Crippen MR) is 77.3 cm³/mol. The molecule has 0 saturated carbocycles. The summed E-state index contributed by atoms with van der Waals surface area (Å²) in [7, 11) is 5.67. The summed E-state index contributed by atoms with van der Waals surface area (Å²) < 4.78 is 7.22. The van der Waals surface area contributed by atoms with Crippen molar-refractivity contribution in [1.82, 2.24) is 14.7 Å². The Labute approximate surface area is 114 Å². The van der Waals surface area contributed by atoms with E-state index in [1.54, 1.807) is 11.8 Å². The Morgan fingerprint density at radius 3 is 2.72 bits per heavy atom. The SMILES string of the molecule is COc1c(C(CN)N(C)CCSC)c(C)nn1C. The molecule has 0 radical (unpaired) electrons. The third-order valence-electron chi connectivity index (χ3n) is 3.14. The van der Waals surface area contributed by atoms with Gasteiger partial charge in [0.1, 0.15) is 0 Å². The van der Waals surface area contributed by atoms with E-state index in [1.165, 1.54) is 0 Å². The molecule has 5 nitrogen and oxygen atoms in total. The molecule has 0 aromatic carbocycles. The minimum Gasteiger partial charge on any atom is -0.481 e. The molecule has 0 fully saturated rings. The van der Waals surface area contributed by atoms with Gasteiger partial charge in [-0.3, -0.25) is 4.90 Å². The van der Waals surface area contributed by atoms with Gasteiger partial charge in [-0.05, 0) is 20.2 Å². The average Bonchev–Trinajstić information content (AvgIpc) is 2.62. The molecule has 6 heteroatoms. The van der Waals surface area contributed by atoms with Crippen molar-refractivity contribution in [3.8, 4) is 5.88 Å². The van der Waals surface area contributed by atoms with Gasteiger partial charge in [0.2, 0.25) is 5.88 Å². The largest absolute Gasteiger partial charge is 0.481 e. The topological polar surface area (TPSA) is 56.3 Å². The van der Waals surface area contributed by atoms with E-state index in [-0.39, 0.29) is 6.04 Å². The minimum atomic E-state index is 0.154. The molecule has 0 saturated heterocycles. The highest BCUT2D eigenvalue weighted by Crippen LogP contribution is 2.30. The lowest BCUT2D eigenvalue weighted by molar-refractivity contribution is 0.256. The van der Waals surface area contributed by atoms with E-state index < -0.39 is 0 Å². The Bertz CT molecular complexity index is 380. The number of likely N-dealkylation sites (N-methyl/N-ethyl adjacent to an activating group) is 1. The van der Waals surface area contributed by atoms with Crippen molar-refractivity contribution in [1.29, 1.82) is 0 Å². The Hall–Kier alpha value is -0.720. The van der Waals surface area contributed by atoms with Crippen LogP contribution in [0, 0.1) is 6.92 Å². The fraction of sp³-hybridized carbons (Fsp3) is 0.750. The molecule has 1 aromatic heterocycles. The number of hydrogen-bond acceptors (Lipinski definition) is 5. The third kappa shape index (κ3) is 3.18. The van der Waals surface area contributed by atoms with Crippen LogP contribution in [0.5, 0.6) is 5.88 Å². The maximum atomic E-state index is 5.94. The van der Waals surface area contributed by atoms with E-state index in [1.807, 2.05) is 25.7 Å². The number of thioether (sulfide) groups is 1. The van der Waals surface area contributed by atoms with Crippen LogP contribution in [0.15, 0.2) is 0 Å². The second kappa shape index (κ2) is 7.01. The van der Waals surface area contributed by atoms with Crippen LogP contribution in [0.3, 0.4) is 0 Å². The first kappa shape index (κ1) is 15.3. The van der Waals surface area contributed by atoms with Crippen LogP contribution in [0.2, 0.25) is 0 Å². The molecule has 1 unspecified atom stereocenters. The standard InChI is InChI=1S/C12H24N4OS/c1-9-11(12(17-4)16(3)14-9)10(8-13)15(2)6-7-18-5/h10H,6-8,13H2,1-5H3. The second-order valence-corrected chi connectivity index (χ2v) is 5.34. The van der Waals surface area contributed by atoms with Gasteiger partial charge in [0.05, 0.1) is 24.4 Å². The molecule has 0 aliphatic heterocycles. The summed E-state index contributed by atoms with van der Waals surface area (Å²) in [6, 6.07) is 0.154. The van der Waals surface area contributed by atoms with Crippen molar-refractivity contribution in [2.75, 3.05) is 39.3 Å². The van der Waals surface area contributed by atoms with Gasteiger partial charge in [-0.25, -0.2) is 4.68 Å². The smallest absolute Gasteiger partial charge is 0.216 e. The number of methoxy groups -OCH3 is 1. The van der Waals surface area contributed by atoms with Crippen molar-refractivity contribution in [3.05, 3.63) is 11.3 Å².